The van der Waals surface area contributed by atoms with Crippen molar-refractivity contribution in [2.45, 2.75) is 6.04 Å². The lowest BCUT2D eigenvalue weighted by Gasteiger charge is -2.37. The van der Waals surface area contributed by atoms with Gasteiger partial charge in [-0.2, -0.15) is 5.10 Å². The Hall–Kier alpha value is -3.74. The van der Waals surface area contributed by atoms with Crippen molar-refractivity contribution in [2.75, 3.05) is 31.1 Å². The zero-order valence-electron chi connectivity index (χ0n) is 19.3. The Labute approximate surface area is 209 Å². The average Bonchev–Trinajstić information content (AvgIpc) is 3.36. The second kappa shape index (κ2) is 9.49. The smallest absolute Gasteiger partial charge is 0.168 e. The lowest BCUT2D eigenvalue weighted by Crippen LogP contribution is -3.15. The number of anilines is 1. The van der Waals surface area contributed by atoms with Crippen LogP contribution in [0.25, 0.3) is 16.7 Å². The number of hydrogen-bond donors (Lipinski definition) is 1. The highest BCUT2D eigenvalue weighted by molar-refractivity contribution is 6.30. The van der Waals surface area contributed by atoms with Crippen LogP contribution in [0, 0.1) is 0 Å². The largest absolute Gasteiger partial charge is 0.345 e. The van der Waals surface area contributed by atoms with Gasteiger partial charge in [0, 0.05) is 16.1 Å². The maximum Gasteiger partial charge on any atom is 0.168 e. The van der Waals surface area contributed by atoms with E-state index in [0.717, 1.165) is 53.7 Å². The molecule has 1 fully saturated rings. The summed E-state index contributed by atoms with van der Waals surface area (Å²) in [4.78, 5) is 13.1. The van der Waals surface area contributed by atoms with Gasteiger partial charge in [0.1, 0.15) is 18.2 Å². The van der Waals surface area contributed by atoms with Crippen LogP contribution in [0.15, 0.2) is 97.5 Å². The van der Waals surface area contributed by atoms with Crippen LogP contribution in [0.5, 0.6) is 0 Å². The zero-order valence-corrected chi connectivity index (χ0v) is 20.0. The fraction of sp³-hybridized carbons (Fsp3) is 0.179. The van der Waals surface area contributed by atoms with E-state index < -0.39 is 0 Å². The summed E-state index contributed by atoms with van der Waals surface area (Å²) in [5, 5.41) is 6.37. The third kappa shape index (κ3) is 4.27. The van der Waals surface area contributed by atoms with Crippen LogP contribution in [-0.2, 0) is 0 Å². The Balaban J connectivity index is 1.27. The van der Waals surface area contributed by atoms with Gasteiger partial charge in [0.15, 0.2) is 5.65 Å². The Morgan fingerprint density at radius 1 is 0.771 bits per heavy atom. The van der Waals surface area contributed by atoms with Crippen LogP contribution in [0.4, 0.5) is 5.82 Å². The van der Waals surface area contributed by atoms with Crippen molar-refractivity contribution in [3.05, 3.63) is 114 Å². The first-order valence-electron chi connectivity index (χ1n) is 11.9. The minimum atomic E-state index is 0.266. The Morgan fingerprint density at radius 2 is 1.43 bits per heavy atom. The maximum atomic E-state index is 6.19. The summed E-state index contributed by atoms with van der Waals surface area (Å²) in [6.45, 7) is 3.82. The molecule has 0 spiro atoms. The van der Waals surface area contributed by atoms with Gasteiger partial charge in [-0.25, -0.2) is 14.6 Å². The molecular formula is C28H26ClN6+. The number of piperazine rings is 1. The SMILES string of the molecule is Clc1ccc(C(c2ccccc2)[NH+]2CCN(c3ncnc4c3cnn4-c3ccccc3)CC2)cc1. The number of quaternary nitrogens is 1. The van der Waals surface area contributed by atoms with E-state index in [4.69, 9.17) is 11.6 Å². The number of rotatable bonds is 5. The third-order valence-electron chi connectivity index (χ3n) is 6.80. The lowest BCUT2D eigenvalue weighted by molar-refractivity contribution is -0.926. The van der Waals surface area contributed by atoms with Crippen LogP contribution in [0.3, 0.4) is 0 Å². The summed E-state index contributed by atoms with van der Waals surface area (Å²) in [6, 6.07) is 29.4. The normalized spacial score (nSPS) is 15.4. The molecule has 1 aliphatic heterocycles. The molecule has 6 rings (SSSR count). The first-order chi connectivity index (χ1) is 17.3. The lowest BCUT2D eigenvalue weighted by atomic mass is 9.96. The van der Waals surface area contributed by atoms with Gasteiger partial charge in [-0.1, -0.05) is 72.3 Å². The van der Waals surface area contributed by atoms with Crippen molar-refractivity contribution in [1.82, 2.24) is 19.7 Å². The number of nitrogens with one attached hydrogen (secondary N) is 1. The van der Waals surface area contributed by atoms with Crippen LogP contribution >= 0.6 is 11.6 Å². The summed E-state index contributed by atoms with van der Waals surface area (Å²) in [5.74, 6) is 0.957. The minimum Gasteiger partial charge on any atom is -0.345 e. The van der Waals surface area contributed by atoms with Crippen molar-refractivity contribution in [3.8, 4) is 5.69 Å². The minimum absolute atomic E-state index is 0.266. The molecule has 35 heavy (non-hydrogen) atoms. The van der Waals surface area contributed by atoms with Crippen molar-refractivity contribution in [3.63, 3.8) is 0 Å². The summed E-state index contributed by atoms with van der Waals surface area (Å²) in [5.41, 5.74) is 4.44. The summed E-state index contributed by atoms with van der Waals surface area (Å²) in [7, 11) is 0. The molecule has 1 N–H and O–H groups in total. The second-order valence-electron chi connectivity index (χ2n) is 8.87. The predicted octanol–water partition coefficient (Wildman–Crippen LogP) is 3.96. The molecule has 0 saturated carbocycles. The van der Waals surface area contributed by atoms with Crippen LogP contribution < -0.4 is 9.80 Å². The van der Waals surface area contributed by atoms with Gasteiger partial charge < -0.3 is 9.80 Å². The summed E-state index contributed by atoms with van der Waals surface area (Å²) < 4.78 is 1.88. The van der Waals surface area contributed by atoms with Crippen molar-refractivity contribution < 1.29 is 4.90 Å². The Kier molecular flexibility index (Phi) is 5.90. The number of para-hydroxylation sites is 1. The van der Waals surface area contributed by atoms with Crippen LogP contribution in [-0.4, -0.2) is 45.9 Å². The Morgan fingerprint density at radius 3 is 2.14 bits per heavy atom. The molecule has 1 aliphatic rings. The van der Waals surface area contributed by atoms with Gasteiger partial charge in [0.05, 0.1) is 43.4 Å². The van der Waals surface area contributed by atoms with E-state index in [1.165, 1.54) is 11.1 Å². The van der Waals surface area contributed by atoms with E-state index >= 15 is 0 Å². The number of fused-ring (bicyclic) bond motifs is 1. The first-order valence-corrected chi connectivity index (χ1v) is 12.3. The van der Waals surface area contributed by atoms with Crippen LogP contribution in [0.1, 0.15) is 17.2 Å². The van der Waals surface area contributed by atoms with E-state index in [9.17, 15) is 0 Å². The van der Waals surface area contributed by atoms with E-state index in [1.54, 1.807) is 11.2 Å². The highest BCUT2D eigenvalue weighted by Gasteiger charge is 2.31. The third-order valence-corrected chi connectivity index (χ3v) is 7.05. The monoisotopic (exact) mass is 481 g/mol. The van der Waals surface area contributed by atoms with Gasteiger partial charge in [-0.3, -0.25) is 0 Å². The number of benzene rings is 3. The van der Waals surface area contributed by atoms with Gasteiger partial charge in [0.2, 0.25) is 0 Å². The molecule has 0 amide bonds. The molecule has 1 unspecified atom stereocenters. The standard InChI is InChI=1S/C28H25ClN6/c29-23-13-11-22(12-14-23)26(21-7-3-1-4-8-21)33-15-17-34(18-16-33)27-25-19-32-35(28(25)31-20-30-27)24-9-5-2-6-10-24/h1-14,19-20,26H,15-18H2/p+1. The van der Waals surface area contributed by atoms with E-state index in [-0.39, 0.29) is 6.04 Å². The topological polar surface area (TPSA) is 51.3 Å². The van der Waals surface area contributed by atoms with Gasteiger partial charge in [-0.15, -0.1) is 0 Å². The number of aromatic nitrogens is 4. The molecule has 0 aliphatic carbocycles. The molecule has 6 nitrogen and oxygen atoms in total. The predicted molar refractivity (Wildman–Crippen MR) is 139 cm³/mol. The Bertz CT molecular complexity index is 1410. The zero-order chi connectivity index (χ0) is 23.6. The molecule has 0 radical (unpaired) electrons. The van der Waals surface area contributed by atoms with Crippen molar-refractivity contribution in [2.24, 2.45) is 0 Å². The molecule has 174 valence electrons. The fourth-order valence-corrected chi connectivity index (χ4v) is 5.23. The molecule has 0 bridgehead atoms. The molecule has 5 aromatic rings. The number of hydrogen-bond acceptors (Lipinski definition) is 4. The molecule has 2 aromatic heterocycles. The highest BCUT2D eigenvalue weighted by atomic mass is 35.5. The molecule has 3 aromatic carbocycles. The molecule has 1 saturated heterocycles. The van der Waals surface area contributed by atoms with Crippen molar-refractivity contribution in [1.29, 1.82) is 0 Å². The van der Waals surface area contributed by atoms with Gasteiger partial charge in [0.25, 0.3) is 0 Å². The van der Waals surface area contributed by atoms with E-state index in [2.05, 4.69) is 62.4 Å². The summed E-state index contributed by atoms with van der Waals surface area (Å²) in [6.07, 6.45) is 3.54. The first kappa shape index (κ1) is 21.8. The molecule has 1 atom stereocenters. The fourth-order valence-electron chi connectivity index (χ4n) is 5.10. The van der Waals surface area contributed by atoms with Crippen molar-refractivity contribution >= 4 is 28.5 Å². The molecule has 3 heterocycles. The highest BCUT2D eigenvalue weighted by Crippen LogP contribution is 2.26. The van der Waals surface area contributed by atoms with Gasteiger partial charge in [-0.05, 0) is 24.3 Å². The second-order valence-corrected chi connectivity index (χ2v) is 9.30. The number of halogens is 1. The van der Waals surface area contributed by atoms with Crippen LogP contribution in [0.2, 0.25) is 5.02 Å². The summed E-state index contributed by atoms with van der Waals surface area (Å²) >= 11 is 6.19. The molecule has 7 heteroatoms. The van der Waals surface area contributed by atoms with E-state index in [1.807, 2.05) is 53.3 Å². The average molecular weight is 482 g/mol. The number of nitrogens with zero attached hydrogens (tertiary/aromatic N) is 5. The maximum absolute atomic E-state index is 6.19. The van der Waals surface area contributed by atoms with Gasteiger partial charge >= 0.3 is 0 Å². The molecular weight excluding hydrogens is 456 g/mol. The quantitative estimate of drug-likeness (QED) is 0.413. The van der Waals surface area contributed by atoms with E-state index in [0.29, 0.717) is 0 Å².